The number of benzene rings is 1. The van der Waals surface area contributed by atoms with Gasteiger partial charge in [-0.1, -0.05) is 23.7 Å². The molecule has 4 heteroatoms. The van der Waals surface area contributed by atoms with Gasteiger partial charge in [-0.15, -0.1) is 0 Å². The Balaban J connectivity index is 2.15. The molecule has 17 heavy (non-hydrogen) atoms. The standard InChI is InChI=1S/C13H14ClN3/c1-2-15-12-6-7-16-13(17-12)9-10-4-3-5-11(14)8-10/h3-8H,2,9H2,1H3,(H,15,16,17). The lowest BCUT2D eigenvalue weighted by Gasteiger charge is -2.05. The van der Waals surface area contributed by atoms with Gasteiger partial charge in [0.25, 0.3) is 0 Å². The molecule has 0 radical (unpaired) electrons. The second kappa shape index (κ2) is 5.64. The van der Waals surface area contributed by atoms with Gasteiger partial charge in [0.15, 0.2) is 0 Å². The Labute approximate surface area is 106 Å². The topological polar surface area (TPSA) is 37.8 Å². The maximum atomic E-state index is 5.94. The minimum atomic E-state index is 0.694. The van der Waals surface area contributed by atoms with Gasteiger partial charge in [-0.25, -0.2) is 9.97 Å². The second-order valence-corrected chi connectivity index (χ2v) is 4.13. The van der Waals surface area contributed by atoms with Crippen LogP contribution in [0.15, 0.2) is 36.5 Å². The number of halogens is 1. The molecule has 0 bridgehead atoms. The van der Waals surface area contributed by atoms with Crippen LogP contribution in [0.4, 0.5) is 5.82 Å². The molecule has 0 aliphatic heterocycles. The molecule has 0 saturated heterocycles. The largest absolute Gasteiger partial charge is 0.370 e. The molecule has 0 spiro atoms. The van der Waals surface area contributed by atoms with E-state index in [1.165, 1.54) is 0 Å². The van der Waals surface area contributed by atoms with Crippen LogP contribution in [0.5, 0.6) is 0 Å². The lowest BCUT2D eigenvalue weighted by atomic mass is 10.1. The van der Waals surface area contributed by atoms with Crippen molar-refractivity contribution in [2.45, 2.75) is 13.3 Å². The molecule has 1 aromatic carbocycles. The first kappa shape index (κ1) is 11.9. The number of nitrogens with zero attached hydrogens (tertiary/aromatic N) is 2. The van der Waals surface area contributed by atoms with Crippen LogP contribution in [0, 0.1) is 0 Å². The van der Waals surface area contributed by atoms with Crippen LogP contribution in [0.3, 0.4) is 0 Å². The van der Waals surface area contributed by atoms with Crippen LogP contribution >= 0.6 is 11.6 Å². The Morgan fingerprint density at radius 2 is 2.18 bits per heavy atom. The first-order chi connectivity index (χ1) is 8.28. The highest BCUT2D eigenvalue weighted by molar-refractivity contribution is 6.30. The molecule has 1 heterocycles. The predicted octanol–water partition coefficient (Wildman–Crippen LogP) is 3.15. The molecule has 0 aliphatic rings. The monoisotopic (exact) mass is 247 g/mol. The normalized spacial score (nSPS) is 10.2. The molecule has 1 aromatic heterocycles. The number of nitrogens with one attached hydrogen (secondary N) is 1. The molecule has 2 rings (SSSR count). The van der Waals surface area contributed by atoms with Gasteiger partial charge < -0.3 is 5.32 Å². The van der Waals surface area contributed by atoms with Gasteiger partial charge >= 0.3 is 0 Å². The highest BCUT2D eigenvalue weighted by Gasteiger charge is 2.01. The second-order valence-electron chi connectivity index (χ2n) is 3.70. The van der Waals surface area contributed by atoms with Crippen molar-refractivity contribution in [2.24, 2.45) is 0 Å². The molecule has 2 aromatic rings. The van der Waals surface area contributed by atoms with E-state index in [9.17, 15) is 0 Å². The molecule has 1 N–H and O–H groups in total. The number of rotatable bonds is 4. The van der Waals surface area contributed by atoms with E-state index in [-0.39, 0.29) is 0 Å². The molecular weight excluding hydrogens is 234 g/mol. The number of hydrogen-bond donors (Lipinski definition) is 1. The minimum absolute atomic E-state index is 0.694. The molecule has 88 valence electrons. The van der Waals surface area contributed by atoms with E-state index in [2.05, 4.69) is 15.3 Å². The SMILES string of the molecule is CCNc1ccnc(Cc2cccc(Cl)c2)n1. The molecular formula is C13H14ClN3. The zero-order valence-corrected chi connectivity index (χ0v) is 10.4. The van der Waals surface area contributed by atoms with Crippen molar-refractivity contribution in [1.29, 1.82) is 0 Å². The van der Waals surface area contributed by atoms with Crippen molar-refractivity contribution < 1.29 is 0 Å². The molecule has 0 atom stereocenters. The summed E-state index contributed by atoms with van der Waals surface area (Å²) in [5, 5.41) is 3.91. The quantitative estimate of drug-likeness (QED) is 0.902. The molecule has 0 aliphatic carbocycles. The van der Waals surface area contributed by atoms with Crippen molar-refractivity contribution in [3.8, 4) is 0 Å². The minimum Gasteiger partial charge on any atom is -0.370 e. The number of aromatic nitrogens is 2. The van der Waals surface area contributed by atoms with Crippen LogP contribution in [0.2, 0.25) is 5.02 Å². The lowest BCUT2D eigenvalue weighted by molar-refractivity contribution is 0.962. The molecule has 0 amide bonds. The first-order valence-corrected chi connectivity index (χ1v) is 5.96. The zero-order valence-electron chi connectivity index (χ0n) is 9.65. The van der Waals surface area contributed by atoms with Gasteiger partial charge in [0.05, 0.1) is 0 Å². The molecule has 3 nitrogen and oxygen atoms in total. The highest BCUT2D eigenvalue weighted by atomic mass is 35.5. The van der Waals surface area contributed by atoms with Crippen molar-refractivity contribution in [3.63, 3.8) is 0 Å². The number of hydrogen-bond acceptors (Lipinski definition) is 3. The van der Waals surface area contributed by atoms with Crippen LogP contribution in [0.1, 0.15) is 18.3 Å². The summed E-state index contributed by atoms with van der Waals surface area (Å²) in [7, 11) is 0. The Hall–Kier alpha value is -1.61. The van der Waals surface area contributed by atoms with E-state index in [0.717, 1.165) is 28.8 Å². The van der Waals surface area contributed by atoms with Crippen LogP contribution in [0.25, 0.3) is 0 Å². The van der Waals surface area contributed by atoms with Gasteiger partial charge in [0, 0.05) is 24.2 Å². The van der Waals surface area contributed by atoms with E-state index in [0.29, 0.717) is 6.42 Å². The van der Waals surface area contributed by atoms with E-state index >= 15 is 0 Å². The summed E-state index contributed by atoms with van der Waals surface area (Å²) in [6.07, 6.45) is 2.46. The average molecular weight is 248 g/mol. The Morgan fingerprint density at radius 3 is 2.94 bits per heavy atom. The van der Waals surface area contributed by atoms with Crippen LogP contribution < -0.4 is 5.32 Å². The van der Waals surface area contributed by atoms with E-state index in [1.54, 1.807) is 6.20 Å². The summed E-state index contributed by atoms with van der Waals surface area (Å²) in [6.45, 7) is 2.90. The fourth-order valence-electron chi connectivity index (χ4n) is 1.59. The fourth-order valence-corrected chi connectivity index (χ4v) is 1.81. The van der Waals surface area contributed by atoms with Gasteiger partial charge in [0.1, 0.15) is 11.6 Å². The summed E-state index contributed by atoms with van der Waals surface area (Å²) in [5.41, 5.74) is 1.12. The Kier molecular flexibility index (Phi) is 3.94. The van der Waals surface area contributed by atoms with Crippen molar-refractivity contribution in [1.82, 2.24) is 9.97 Å². The smallest absolute Gasteiger partial charge is 0.135 e. The molecule has 0 fully saturated rings. The molecule has 0 saturated carbocycles. The van der Waals surface area contributed by atoms with Gasteiger partial charge in [0.2, 0.25) is 0 Å². The van der Waals surface area contributed by atoms with Crippen molar-refractivity contribution >= 4 is 17.4 Å². The van der Waals surface area contributed by atoms with Crippen LogP contribution in [-0.4, -0.2) is 16.5 Å². The summed E-state index contributed by atoms with van der Waals surface area (Å²) in [4.78, 5) is 8.67. The summed E-state index contributed by atoms with van der Waals surface area (Å²) >= 11 is 5.94. The van der Waals surface area contributed by atoms with Crippen LogP contribution in [-0.2, 0) is 6.42 Å². The third-order valence-corrected chi connectivity index (χ3v) is 2.55. The number of anilines is 1. The van der Waals surface area contributed by atoms with Gasteiger partial charge in [-0.05, 0) is 30.7 Å². The summed E-state index contributed by atoms with van der Waals surface area (Å²) in [5.74, 6) is 1.66. The third kappa shape index (κ3) is 3.43. The molecule has 0 unspecified atom stereocenters. The predicted molar refractivity (Wildman–Crippen MR) is 70.5 cm³/mol. The summed E-state index contributed by atoms with van der Waals surface area (Å²) in [6, 6.07) is 9.62. The van der Waals surface area contributed by atoms with Gasteiger partial charge in [-0.2, -0.15) is 0 Å². The lowest BCUT2D eigenvalue weighted by Crippen LogP contribution is -2.03. The zero-order chi connectivity index (χ0) is 12.1. The highest BCUT2D eigenvalue weighted by Crippen LogP contribution is 2.13. The maximum Gasteiger partial charge on any atom is 0.135 e. The first-order valence-electron chi connectivity index (χ1n) is 5.58. The fraction of sp³-hybridized carbons (Fsp3) is 0.231. The average Bonchev–Trinajstić information content (AvgIpc) is 2.30. The Bertz CT molecular complexity index is 500. The van der Waals surface area contributed by atoms with Gasteiger partial charge in [-0.3, -0.25) is 0 Å². The van der Waals surface area contributed by atoms with Crippen molar-refractivity contribution in [3.05, 3.63) is 52.9 Å². The van der Waals surface area contributed by atoms with E-state index in [1.807, 2.05) is 37.3 Å². The maximum absolute atomic E-state index is 5.94. The summed E-state index contributed by atoms with van der Waals surface area (Å²) < 4.78 is 0. The van der Waals surface area contributed by atoms with E-state index in [4.69, 9.17) is 11.6 Å². The van der Waals surface area contributed by atoms with E-state index < -0.39 is 0 Å². The Morgan fingerprint density at radius 1 is 1.29 bits per heavy atom. The van der Waals surface area contributed by atoms with Crippen molar-refractivity contribution in [2.75, 3.05) is 11.9 Å². The third-order valence-electron chi connectivity index (χ3n) is 2.31.